The van der Waals surface area contributed by atoms with E-state index in [0.29, 0.717) is 16.8 Å². The molecule has 112 valence electrons. The molecule has 23 heavy (non-hydrogen) atoms. The molecule has 0 saturated heterocycles. The van der Waals surface area contributed by atoms with Gasteiger partial charge in [0.25, 0.3) is 5.56 Å². The molecule has 5 nitrogen and oxygen atoms in total. The summed E-state index contributed by atoms with van der Waals surface area (Å²) in [4.78, 5) is 19.6. The first-order chi connectivity index (χ1) is 11.2. The van der Waals surface area contributed by atoms with Crippen molar-refractivity contribution in [2.24, 2.45) is 0 Å². The van der Waals surface area contributed by atoms with E-state index in [9.17, 15) is 4.79 Å². The number of aromatic nitrogens is 3. The van der Waals surface area contributed by atoms with Crippen LogP contribution in [-0.4, -0.2) is 15.1 Å². The molecule has 0 bridgehead atoms. The van der Waals surface area contributed by atoms with Crippen molar-refractivity contribution in [1.82, 2.24) is 15.1 Å². The summed E-state index contributed by atoms with van der Waals surface area (Å²) >= 11 is 0. The minimum atomic E-state index is -0.222. The van der Waals surface area contributed by atoms with Gasteiger partial charge in [-0.05, 0) is 18.6 Å². The summed E-state index contributed by atoms with van der Waals surface area (Å²) < 4.78 is 5.36. The van der Waals surface area contributed by atoms with Crippen molar-refractivity contribution < 1.29 is 4.52 Å². The summed E-state index contributed by atoms with van der Waals surface area (Å²) in [6.45, 7) is 1.83. The van der Waals surface area contributed by atoms with Gasteiger partial charge < -0.3 is 9.51 Å². The lowest BCUT2D eigenvalue weighted by Gasteiger charge is -2.10. The van der Waals surface area contributed by atoms with Crippen LogP contribution in [0.15, 0.2) is 64.2 Å². The molecular formula is C18H13N3O2. The summed E-state index contributed by atoms with van der Waals surface area (Å²) in [5, 5.41) is 4.82. The van der Waals surface area contributed by atoms with Crippen molar-refractivity contribution in [3.8, 4) is 22.5 Å². The predicted octanol–water partition coefficient (Wildman–Crippen LogP) is 3.55. The molecule has 1 N–H and O–H groups in total. The maximum Gasteiger partial charge on any atom is 0.260 e. The molecule has 0 aliphatic heterocycles. The lowest BCUT2D eigenvalue weighted by molar-refractivity contribution is 0.427. The second kappa shape index (κ2) is 5.21. The minimum Gasteiger partial charge on any atom is -0.356 e. The molecule has 3 heterocycles. The Labute approximate surface area is 131 Å². The van der Waals surface area contributed by atoms with Gasteiger partial charge in [-0.2, -0.15) is 0 Å². The van der Waals surface area contributed by atoms with Crippen molar-refractivity contribution in [3.63, 3.8) is 0 Å². The zero-order chi connectivity index (χ0) is 15.8. The monoisotopic (exact) mass is 303 g/mol. The lowest BCUT2D eigenvalue weighted by Crippen LogP contribution is -2.11. The van der Waals surface area contributed by atoms with Gasteiger partial charge in [0, 0.05) is 23.2 Å². The van der Waals surface area contributed by atoms with Crippen molar-refractivity contribution in [1.29, 1.82) is 0 Å². The van der Waals surface area contributed by atoms with Crippen LogP contribution in [0.2, 0.25) is 0 Å². The Kier molecular flexibility index (Phi) is 3.05. The molecular weight excluding hydrogens is 290 g/mol. The van der Waals surface area contributed by atoms with Crippen LogP contribution in [-0.2, 0) is 0 Å². The first-order valence-electron chi connectivity index (χ1n) is 7.23. The molecule has 0 unspecified atom stereocenters. The van der Waals surface area contributed by atoms with Gasteiger partial charge in [-0.1, -0.05) is 35.5 Å². The lowest BCUT2D eigenvalue weighted by atomic mass is 9.95. The smallest absolute Gasteiger partial charge is 0.260 e. The first kappa shape index (κ1) is 13.5. The first-order valence-corrected chi connectivity index (χ1v) is 7.23. The van der Waals surface area contributed by atoms with Gasteiger partial charge in [-0.25, -0.2) is 0 Å². The zero-order valence-electron chi connectivity index (χ0n) is 12.4. The van der Waals surface area contributed by atoms with Crippen molar-refractivity contribution in [2.45, 2.75) is 6.92 Å². The van der Waals surface area contributed by atoms with E-state index >= 15 is 0 Å². The minimum absolute atomic E-state index is 0.222. The van der Waals surface area contributed by atoms with Crippen molar-refractivity contribution in [2.75, 3.05) is 0 Å². The molecule has 1 aromatic carbocycles. The fourth-order valence-corrected chi connectivity index (χ4v) is 2.77. The molecule has 5 heteroatoms. The number of pyridine rings is 2. The van der Waals surface area contributed by atoms with E-state index in [1.165, 1.54) is 0 Å². The average molecular weight is 303 g/mol. The Morgan fingerprint density at radius 1 is 1.09 bits per heavy atom. The standard InChI is InChI=1S/C18H13N3O2/c1-11-9-15(23-21-11)17-16(12-5-3-2-4-6-12)13-7-8-19-10-14(13)20-18(17)22/h2-10H,1H3,(H,20,22). The third-order valence-electron chi connectivity index (χ3n) is 3.75. The molecule has 0 aliphatic carbocycles. The number of aryl methyl sites for hydroxylation is 1. The number of nitrogens with one attached hydrogen (secondary N) is 1. The number of rotatable bonds is 2. The SMILES string of the molecule is Cc1cc(-c2c(-c3ccccc3)c3ccncc3[nH]c2=O)on1. The average Bonchev–Trinajstić information content (AvgIpc) is 3.00. The molecule has 0 radical (unpaired) electrons. The largest absolute Gasteiger partial charge is 0.356 e. The van der Waals surface area contributed by atoms with E-state index in [0.717, 1.165) is 22.2 Å². The number of hydrogen-bond donors (Lipinski definition) is 1. The van der Waals surface area contributed by atoms with Gasteiger partial charge in [-0.15, -0.1) is 0 Å². The summed E-state index contributed by atoms with van der Waals surface area (Å²) in [5.74, 6) is 0.460. The van der Waals surface area contributed by atoms with Crippen molar-refractivity contribution in [3.05, 3.63) is 70.9 Å². The highest BCUT2D eigenvalue weighted by Gasteiger charge is 2.19. The van der Waals surface area contributed by atoms with E-state index in [-0.39, 0.29) is 5.56 Å². The van der Waals surface area contributed by atoms with Crippen LogP contribution in [0.3, 0.4) is 0 Å². The van der Waals surface area contributed by atoms with E-state index in [2.05, 4.69) is 15.1 Å². The van der Waals surface area contributed by atoms with Crippen LogP contribution < -0.4 is 5.56 Å². The second-order valence-corrected chi connectivity index (χ2v) is 5.32. The van der Waals surface area contributed by atoms with E-state index in [1.807, 2.05) is 43.3 Å². The fourth-order valence-electron chi connectivity index (χ4n) is 2.77. The third-order valence-corrected chi connectivity index (χ3v) is 3.75. The van der Waals surface area contributed by atoms with E-state index < -0.39 is 0 Å². The predicted molar refractivity (Wildman–Crippen MR) is 88.0 cm³/mol. The van der Waals surface area contributed by atoms with Gasteiger partial charge >= 0.3 is 0 Å². The molecule has 0 atom stereocenters. The Morgan fingerprint density at radius 3 is 2.65 bits per heavy atom. The van der Waals surface area contributed by atoms with Gasteiger partial charge in [0.2, 0.25) is 0 Å². The van der Waals surface area contributed by atoms with Crippen LogP contribution in [0.5, 0.6) is 0 Å². The highest BCUT2D eigenvalue weighted by atomic mass is 16.5. The summed E-state index contributed by atoms with van der Waals surface area (Å²) in [6.07, 6.45) is 3.36. The molecule has 0 fully saturated rings. The van der Waals surface area contributed by atoms with Gasteiger partial charge in [-0.3, -0.25) is 9.78 Å². The Hall–Kier alpha value is -3.21. The number of hydrogen-bond acceptors (Lipinski definition) is 4. The molecule has 0 amide bonds. The topological polar surface area (TPSA) is 71.8 Å². The van der Waals surface area contributed by atoms with Crippen LogP contribution in [0, 0.1) is 6.92 Å². The summed E-state index contributed by atoms with van der Waals surface area (Å²) in [6, 6.07) is 13.4. The molecule has 4 aromatic rings. The Balaban J connectivity index is 2.17. The highest BCUT2D eigenvalue weighted by molar-refractivity contribution is 6.00. The maximum absolute atomic E-state index is 12.7. The Morgan fingerprint density at radius 2 is 1.91 bits per heavy atom. The van der Waals surface area contributed by atoms with Crippen molar-refractivity contribution >= 4 is 10.9 Å². The normalized spacial score (nSPS) is 11.0. The molecule has 4 rings (SSSR count). The van der Waals surface area contributed by atoms with Gasteiger partial charge in [0.05, 0.1) is 23.0 Å². The molecule has 0 spiro atoms. The number of fused-ring (bicyclic) bond motifs is 1. The van der Waals surface area contributed by atoms with Crippen LogP contribution in [0.25, 0.3) is 33.4 Å². The van der Waals surface area contributed by atoms with Crippen LogP contribution in [0.4, 0.5) is 0 Å². The molecule has 0 saturated carbocycles. The van der Waals surface area contributed by atoms with Crippen LogP contribution in [0.1, 0.15) is 5.69 Å². The molecule has 3 aromatic heterocycles. The molecule has 0 aliphatic rings. The van der Waals surface area contributed by atoms with E-state index in [4.69, 9.17) is 4.52 Å². The third kappa shape index (κ3) is 2.23. The maximum atomic E-state index is 12.7. The summed E-state index contributed by atoms with van der Waals surface area (Å²) in [5.41, 5.74) is 3.45. The quantitative estimate of drug-likeness (QED) is 0.614. The number of H-pyrrole nitrogens is 1. The Bertz CT molecular complexity index is 1050. The highest BCUT2D eigenvalue weighted by Crippen LogP contribution is 2.34. The number of nitrogens with zero attached hydrogens (tertiary/aromatic N) is 2. The van der Waals surface area contributed by atoms with Gasteiger partial charge in [0.1, 0.15) is 0 Å². The van der Waals surface area contributed by atoms with Crippen LogP contribution >= 0.6 is 0 Å². The fraction of sp³-hybridized carbons (Fsp3) is 0.0556. The second-order valence-electron chi connectivity index (χ2n) is 5.32. The van der Waals surface area contributed by atoms with Gasteiger partial charge in [0.15, 0.2) is 5.76 Å². The summed E-state index contributed by atoms with van der Waals surface area (Å²) in [7, 11) is 0. The number of benzene rings is 1. The van der Waals surface area contributed by atoms with E-state index in [1.54, 1.807) is 18.5 Å². The zero-order valence-corrected chi connectivity index (χ0v) is 12.4. The number of aromatic amines is 1.